The van der Waals surface area contributed by atoms with E-state index in [1.54, 1.807) is 6.07 Å². The van der Waals surface area contributed by atoms with Crippen molar-refractivity contribution in [1.82, 2.24) is 9.55 Å². The first-order valence-electron chi connectivity index (χ1n) is 10.3. The average molecular weight is 451 g/mol. The predicted molar refractivity (Wildman–Crippen MR) is 125 cm³/mol. The van der Waals surface area contributed by atoms with E-state index in [1.807, 2.05) is 18.2 Å². The van der Waals surface area contributed by atoms with Gasteiger partial charge in [0.05, 0.1) is 21.2 Å². The fourth-order valence-electron chi connectivity index (χ4n) is 4.47. The SMILES string of the molecule is CCC(CC(C)C)c1ccc(Cl)c2nc3n(c12)CCCN3c1ccc(Cl)cc1Cl. The smallest absolute Gasteiger partial charge is 0.211 e. The maximum absolute atomic E-state index is 6.61. The van der Waals surface area contributed by atoms with Gasteiger partial charge in [0.1, 0.15) is 5.52 Å². The number of benzene rings is 2. The number of fused-ring (bicyclic) bond motifs is 3. The summed E-state index contributed by atoms with van der Waals surface area (Å²) in [5.74, 6) is 2.04. The number of aromatic nitrogens is 2. The van der Waals surface area contributed by atoms with Crippen LogP contribution in [0, 0.1) is 5.92 Å². The third-order valence-corrected chi connectivity index (χ3v) is 6.59. The number of nitrogens with zero attached hydrogens (tertiary/aromatic N) is 3. The van der Waals surface area contributed by atoms with Crippen LogP contribution in [0.25, 0.3) is 11.0 Å². The van der Waals surface area contributed by atoms with Gasteiger partial charge in [0.15, 0.2) is 0 Å². The monoisotopic (exact) mass is 449 g/mol. The summed E-state index contributed by atoms with van der Waals surface area (Å²) in [6.45, 7) is 8.62. The zero-order chi connectivity index (χ0) is 20.7. The van der Waals surface area contributed by atoms with Gasteiger partial charge in [0, 0.05) is 18.1 Å². The molecule has 0 fully saturated rings. The molecule has 0 spiro atoms. The number of rotatable bonds is 5. The minimum absolute atomic E-state index is 0.491. The molecule has 0 amide bonds. The fraction of sp³-hybridized carbons (Fsp3) is 0.435. The standard InChI is InChI=1S/C23H26Cl3N3/c1-4-15(12-14(2)3)17-7-8-18(25)21-22(17)29-11-5-10-28(23(29)27-21)20-9-6-16(24)13-19(20)26/h6-9,13-15H,4-5,10-12H2,1-3H3. The molecule has 1 aliphatic heterocycles. The van der Waals surface area contributed by atoms with Crippen LogP contribution in [-0.4, -0.2) is 16.1 Å². The lowest BCUT2D eigenvalue weighted by atomic mass is 9.87. The van der Waals surface area contributed by atoms with E-state index in [0.29, 0.717) is 26.9 Å². The number of imidazole rings is 1. The predicted octanol–water partition coefficient (Wildman–Crippen LogP) is 8.08. The minimum atomic E-state index is 0.491. The number of hydrogen-bond acceptors (Lipinski definition) is 2. The average Bonchev–Trinajstić information content (AvgIpc) is 3.08. The van der Waals surface area contributed by atoms with Gasteiger partial charge < -0.3 is 9.47 Å². The molecule has 0 N–H and O–H groups in total. The van der Waals surface area contributed by atoms with E-state index in [1.165, 1.54) is 11.1 Å². The summed E-state index contributed by atoms with van der Waals surface area (Å²) in [5, 5.41) is 1.97. The van der Waals surface area contributed by atoms with Gasteiger partial charge in [-0.2, -0.15) is 0 Å². The molecule has 1 atom stereocenters. The second-order valence-corrected chi connectivity index (χ2v) is 9.48. The summed E-state index contributed by atoms with van der Waals surface area (Å²) in [4.78, 5) is 7.18. The zero-order valence-corrected chi connectivity index (χ0v) is 19.3. The first kappa shape index (κ1) is 20.8. The molecule has 0 saturated carbocycles. The highest BCUT2D eigenvalue weighted by molar-refractivity contribution is 6.36. The van der Waals surface area contributed by atoms with Crippen molar-refractivity contribution in [2.75, 3.05) is 11.4 Å². The molecule has 1 aromatic heterocycles. The van der Waals surface area contributed by atoms with Crippen LogP contribution in [0.3, 0.4) is 0 Å². The molecule has 1 unspecified atom stereocenters. The molecule has 2 aromatic carbocycles. The number of aryl methyl sites for hydroxylation is 1. The highest BCUT2D eigenvalue weighted by Gasteiger charge is 2.28. The van der Waals surface area contributed by atoms with Gasteiger partial charge in [-0.25, -0.2) is 4.98 Å². The van der Waals surface area contributed by atoms with Crippen LogP contribution in [0.2, 0.25) is 15.1 Å². The molecule has 1 aliphatic rings. The molecular formula is C23H26Cl3N3. The first-order valence-corrected chi connectivity index (χ1v) is 11.4. The maximum Gasteiger partial charge on any atom is 0.211 e. The highest BCUT2D eigenvalue weighted by Crippen LogP contribution is 2.41. The van der Waals surface area contributed by atoms with Crippen molar-refractivity contribution in [1.29, 1.82) is 0 Å². The normalized spacial score (nSPS) is 15.2. The summed E-state index contributed by atoms with van der Waals surface area (Å²) < 4.78 is 2.33. The Bertz CT molecular complexity index is 1040. The summed E-state index contributed by atoms with van der Waals surface area (Å²) >= 11 is 19.3. The number of hydrogen-bond donors (Lipinski definition) is 0. The largest absolute Gasteiger partial charge is 0.310 e. The lowest BCUT2D eigenvalue weighted by Gasteiger charge is -2.30. The first-order chi connectivity index (χ1) is 13.9. The van der Waals surface area contributed by atoms with Crippen molar-refractivity contribution in [2.24, 2.45) is 5.92 Å². The molecule has 154 valence electrons. The van der Waals surface area contributed by atoms with Crippen molar-refractivity contribution in [3.05, 3.63) is 51.0 Å². The Morgan fingerprint density at radius 3 is 2.52 bits per heavy atom. The lowest BCUT2D eigenvalue weighted by molar-refractivity contribution is 0.489. The summed E-state index contributed by atoms with van der Waals surface area (Å²) in [6, 6.07) is 9.83. The van der Waals surface area contributed by atoms with E-state index in [2.05, 4.69) is 36.3 Å². The van der Waals surface area contributed by atoms with Crippen LogP contribution >= 0.6 is 34.8 Å². The second-order valence-electron chi connectivity index (χ2n) is 8.23. The van der Waals surface area contributed by atoms with Crippen LogP contribution in [0.15, 0.2) is 30.3 Å². The third-order valence-electron chi connectivity index (χ3n) is 5.75. The summed E-state index contributed by atoms with van der Waals surface area (Å²) in [7, 11) is 0. The van der Waals surface area contributed by atoms with Gasteiger partial charge in [0.25, 0.3) is 0 Å². The zero-order valence-electron chi connectivity index (χ0n) is 17.1. The molecule has 4 rings (SSSR count). The fourth-order valence-corrected chi connectivity index (χ4v) is 5.17. The molecule has 6 heteroatoms. The van der Waals surface area contributed by atoms with E-state index < -0.39 is 0 Å². The van der Waals surface area contributed by atoms with Gasteiger partial charge in [-0.1, -0.05) is 61.6 Å². The van der Waals surface area contributed by atoms with Gasteiger partial charge in [-0.15, -0.1) is 0 Å². The molecule has 2 heterocycles. The van der Waals surface area contributed by atoms with Gasteiger partial charge in [-0.05, 0) is 60.9 Å². The van der Waals surface area contributed by atoms with Crippen LogP contribution in [0.4, 0.5) is 11.6 Å². The Balaban J connectivity index is 1.90. The quantitative estimate of drug-likeness (QED) is 0.391. The third kappa shape index (κ3) is 3.85. The van der Waals surface area contributed by atoms with Crippen LogP contribution in [-0.2, 0) is 6.54 Å². The van der Waals surface area contributed by atoms with Crippen LogP contribution < -0.4 is 4.90 Å². The molecule has 3 aromatic rings. The van der Waals surface area contributed by atoms with Crippen molar-refractivity contribution in [3.63, 3.8) is 0 Å². The van der Waals surface area contributed by atoms with E-state index in [9.17, 15) is 0 Å². The minimum Gasteiger partial charge on any atom is -0.310 e. The maximum atomic E-state index is 6.61. The van der Waals surface area contributed by atoms with Crippen molar-refractivity contribution in [2.45, 2.75) is 52.5 Å². The molecule has 0 aliphatic carbocycles. The number of anilines is 2. The Kier molecular flexibility index (Phi) is 6.02. The Hall–Kier alpha value is -1.42. The van der Waals surface area contributed by atoms with Crippen molar-refractivity contribution < 1.29 is 0 Å². The molecular weight excluding hydrogens is 425 g/mol. The Morgan fingerprint density at radius 1 is 1.03 bits per heavy atom. The number of halogens is 3. The molecule has 0 saturated heterocycles. The van der Waals surface area contributed by atoms with Gasteiger partial charge in [-0.3, -0.25) is 0 Å². The van der Waals surface area contributed by atoms with E-state index in [4.69, 9.17) is 39.8 Å². The molecule has 0 radical (unpaired) electrons. The topological polar surface area (TPSA) is 21.1 Å². The molecule has 0 bridgehead atoms. The summed E-state index contributed by atoms with van der Waals surface area (Å²) in [5.41, 5.74) is 4.34. The summed E-state index contributed by atoms with van der Waals surface area (Å²) in [6.07, 6.45) is 3.27. The van der Waals surface area contributed by atoms with Crippen molar-refractivity contribution >= 4 is 57.5 Å². The van der Waals surface area contributed by atoms with E-state index >= 15 is 0 Å². The Morgan fingerprint density at radius 2 is 1.83 bits per heavy atom. The van der Waals surface area contributed by atoms with Gasteiger partial charge >= 0.3 is 0 Å². The van der Waals surface area contributed by atoms with Gasteiger partial charge in [0.2, 0.25) is 5.95 Å². The molecule has 29 heavy (non-hydrogen) atoms. The highest BCUT2D eigenvalue weighted by atomic mass is 35.5. The lowest BCUT2D eigenvalue weighted by Crippen LogP contribution is -2.28. The van der Waals surface area contributed by atoms with Crippen molar-refractivity contribution in [3.8, 4) is 0 Å². The van der Waals surface area contributed by atoms with E-state index in [0.717, 1.165) is 49.5 Å². The second kappa shape index (κ2) is 8.37. The Labute approximate surface area is 187 Å². The van der Waals surface area contributed by atoms with Crippen LogP contribution in [0.5, 0.6) is 0 Å². The van der Waals surface area contributed by atoms with E-state index in [-0.39, 0.29) is 0 Å². The van der Waals surface area contributed by atoms with Crippen LogP contribution in [0.1, 0.15) is 51.5 Å². The molecule has 3 nitrogen and oxygen atoms in total.